The van der Waals surface area contributed by atoms with E-state index in [4.69, 9.17) is 0 Å². The monoisotopic (exact) mass is 334 g/mol. The maximum atomic E-state index is 4.50. The second kappa shape index (κ2) is 8.21. The highest BCUT2D eigenvalue weighted by molar-refractivity contribution is 4.92. The van der Waals surface area contributed by atoms with Gasteiger partial charge < -0.3 is 9.80 Å². The minimum absolute atomic E-state index is 0.436. The molecule has 3 rings (SSSR count). The Labute approximate surface area is 145 Å². The molecule has 2 fully saturated rings. The first kappa shape index (κ1) is 17.5. The van der Waals surface area contributed by atoms with Gasteiger partial charge in [0.05, 0.1) is 12.6 Å². The molecule has 0 unspecified atom stereocenters. The fourth-order valence-electron chi connectivity index (χ4n) is 4.45. The average Bonchev–Trinajstić information content (AvgIpc) is 3.24. The lowest BCUT2D eigenvalue weighted by atomic mass is 10.0. The Hall–Kier alpha value is -1.27. The van der Waals surface area contributed by atoms with Crippen LogP contribution in [0.5, 0.6) is 0 Å². The van der Waals surface area contributed by atoms with Crippen molar-refractivity contribution in [2.24, 2.45) is 5.92 Å². The molecule has 1 aliphatic heterocycles. The zero-order valence-corrected chi connectivity index (χ0v) is 15.4. The number of hydrogen-bond acceptors (Lipinski definition) is 3. The largest absolute Gasteiger partial charge is 0.322 e. The summed E-state index contributed by atoms with van der Waals surface area (Å²) in [5, 5.41) is 13.0. The Kier molecular flexibility index (Phi) is 6.00. The number of nitrogens with one attached hydrogen (secondary N) is 2. The lowest BCUT2D eigenvalue weighted by Crippen LogP contribution is -3.28. The molecule has 0 radical (unpaired) electrons. The summed E-state index contributed by atoms with van der Waals surface area (Å²) in [5.41, 5.74) is 0. The van der Waals surface area contributed by atoms with Crippen LogP contribution >= 0.6 is 0 Å². The molecular weight excluding hydrogens is 300 g/mol. The van der Waals surface area contributed by atoms with Gasteiger partial charge in [-0.2, -0.15) is 0 Å². The van der Waals surface area contributed by atoms with Gasteiger partial charge in [0.25, 0.3) is 0 Å². The molecule has 1 atom stereocenters. The van der Waals surface area contributed by atoms with Crippen molar-refractivity contribution < 1.29 is 9.80 Å². The van der Waals surface area contributed by atoms with Gasteiger partial charge in [0.2, 0.25) is 5.82 Å². The van der Waals surface area contributed by atoms with Crippen LogP contribution in [0, 0.1) is 5.92 Å². The molecule has 0 aromatic carbocycles. The number of hydrogen-bond donors (Lipinski definition) is 2. The third-order valence-corrected chi connectivity index (χ3v) is 5.73. The molecule has 6 nitrogen and oxygen atoms in total. The van der Waals surface area contributed by atoms with E-state index in [9.17, 15) is 0 Å². The van der Waals surface area contributed by atoms with Crippen LogP contribution < -0.4 is 9.80 Å². The van der Waals surface area contributed by atoms with E-state index in [0.717, 1.165) is 12.4 Å². The van der Waals surface area contributed by atoms with Crippen molar-refractivity contribution in [2.75, 3.05) is 32.7 Å². The predicted molar refractivity (Wildman–Crippen MR) is 94.0 cm³/mol. The van der Waals surface area contributed by atoms with Crippen LogP contribution in [0.15, 0.2) is 12.7 Å². The van der Waals surface area contributed by atoms with Crippen molar-refractivity contribution >= 4 is 0 Å². The predicted octanol–water partition coefficient (Wildman–Crippen LogP) is -0.155. The topological polar surface area (TPSA) is 52.5 Å². The summed E-state index contributed by atoms with van der Waals surface area (Å²) >= 11 is 0. The standard InChI is InChI=1S/C18H32N6/c1-4-9-22-10-12-23(13-11-22)17(14-15(2)3)18-19-20-21-24(18)16-7-5-6-8-16/h4,15-17H,1,5-14H2,2-3H3/p+2/t17-/m0/s1. The highest BCUT2D eigenvalue weighted by atomic mass is 15.6. The van der Waals surface area contributed by atoms with E-state index in [2.05, 4.69) is 40.6 Å². The van der Waals surface area contributed by atoms with Crippen LogP contribution in [0.1, 0.15) is 63.9 Å². The summed E-state index contributed by atoms with van der Waals surface area (Å²) in [7, 11) is 0. The van der Waals surface area contributed by atoms with E-state index in [1.807, 2.05) is 6.08 Å². The maximum absolute atomic E-state index is 4.50. The molecule has 1 aliphatic carbocycles. The highest BCUT2D eigenvalue weighted by Gasteiger charge is 2.36. The summed E-state index contributed by atoms with van der Waals surface area (Å²) in [6, 6.07) is 0.961. The van der Waals surface area contributed by atoms with Gasteiger partial charge in [0.1, 0.15) is 26.2 Å². The Balaban J connectivity index is 1.75. The van der Waals surface area contributed by atoms with E-state index >= 15 is 0 Å². The van der Waals surface area contributed by atoms with Gasteiger partial charge in [-0.15, -0.1) is 5.10 Å². The summed E-state index contributed by atoms with van der Waals surface area (Å²) in [5.74, 6) is 1.80. The number of piperazine rings is 1. The smallest absolute Gasteiger partial charge is 0.209 e. The number of tetrazole rings is 1. The van der Waals surface area contributed by atoms with Gasteiger partial charge in [-0.05, 0) is 35.3 Å². The molecule has 0 amide bonds. The molecule has 2 heterocycles. The van der Waals surface area contributed by atoms with Crippen molar-refractivity contribution in [1.82, 2.24) is 20.2 Å². The first-order valence-electron chi connectivity index (χ1n) is 9.75. The number of aromatic nitrogens is 4. The molecule has 1 saturated carbocycles. The molecule has 24 heavy (non-hydrogen) atoms. The van der Waals surface area contributed by atoms with Gasteiger partial charge in [-0.25, -0.2) is 4.68 Å². The van der Waals surface area contributed by atoms with Crippen LogP contribution in [0.3, 0.4) is 0 Å². The lowest BCUT2D eigenvalue weighted by Gasteiger charge is -2.34. The molecular formula is C18H34N6+2. The average molecular weight is 335 g/mol. The highest BCUT2D eigenvalue weighted by Crippen LogP contribution is 2.30. The number of rotatable bonds is 7. The number of nitrogens with zero attached hydrogens (tertiary/aromatic N) is 4. The second-order valence-corrected chi connectivity index (χ2v) is 8.00. The van der Waals surface area contributed by atoms with Gasteiger partial charge in [0.15, 0.2) is 6.04 Å². The van der Waals surface area contributed by atoms with E-state index in [0.29, 0.717) is 18.0 Å². The van der Waals surface area contributed by atoms with Gasteiger partial charge in [-0.1, -0.05) is 33.3 Å². The summed E-state index contributed by atoms with van der Waals surface area (Å²) < 4.78 is 2.18. The van der Waals surface area contributed by atoms with Crippen molar-refractivity contribution in [3.8, 4) is 0 Å². The fourth-order valence-corrected chi connectivity index (χ4v) is 4.45. The van der Waals surface area contributed by atoms with E-state index in [1.165, 1.54) is 58.3 Å². The molecule has 134 valence electrons. The zero-order chi connectivity index (χ0) is 16.9. The van der Waals surface area contributed by atoms with Crippen molar-refractivity contribution in [3.63, 3.8) is 0 Å². The van der Waals surface area contributed by atoms with Gasteiger partial charge in [0, 0.05) is 6.42 Å². The maximum Gasteiger partial charge on any atom is 0.209 e. The minimum atomic E-state index is 0.436. The first-order chi connectivity index (χ1) is 11.7. The lowest BCUT2D eigenvalue weighted by molar-refractivity contribution is -1.03. The van der Waals surface area contributed by atoms with Crippen LogP contribution in [0.4, 0.5) is 0 Å². The van der Waals surface area contributed by atoms with Crippen LogP contribution in [0.2, 0.25) is 0 Å². The Morgan fingerprint density at radius 3 is 2.54 bits per heavy atom. The van der Waals surface area contributed by atoms with Crippen LogP contribution in [0.25, 0.3) is 0 Å². The van der Waals surface area contributed by atoms with Crippen molar-refractivity contribution in [3.05, 3.63) is 18.5 Å². The summed E-state index contributed by atoms with van der Waals surface area (Å²) in [6.07, 6.45) is 8.31. The third kappa shape index (κ3) is 4.03. The van der Waals surface area contributed by atoms with E-state index in [1.54, 1.807) is 9.80 Å². The second-order valence-electron chi connectivity index (χ2n) is 8.00. The van der Waals surface area contributed by atoms with E-state index < -0.39 is 0 Å². The minimum Gasteiger partial charge on any atom is -0.322 e. The molecule has 2 N–H and O–H groups in total. The van der Waals surface area contributed by atoms with Gasteiger partial charge >= 0.3 is 0 Å². The Bertz CT molecular complexity index is 511. The molecule has 0 bridgehead atoms. The first-order valence-corrected chi connectivity index (χ1v) is 9.75. The SMILES string of the molecule is C=CC[NH+]1CC[NH+]([C@@H](CC(C)C)c2nnnn2C2CCCC2)CC1. The zero-order valence-electron chi connectivity index (χ0n) is 15.4. The number of quaternary nitrogens is 2. The fraction of sp³-hybridized carbons (Fsp3) is 0.833. The normalized spacial score (nSPS) is 26.8. The molecule has 2 aliphatic rings. The van der Waals surface area contributed by atoms with Crippen molar-refractivity contribution in [1.29, 1.82) is 0 Å². The molecule has 0 spiro atoms. The van der Waals surface area contributed by atoms with Crippen molar-refractivity contribution in [2.45, 2.75) is 58.0 Å². The molecule has 6 heteroatoms. The van der Waals surface area contributed by atoms with Crippen LogP contribution in [-0.4, -0.2) is 52.9 Å². The molecule has 1 saturated heterocycles. The summed E-state index contributed by atoms with van der Waals surface area (Å²) in [6.45, 7) is 14.5. The molecule has 1 aromatic heterocycles. The van der Waals surface area contributed by atoms with Gasteiger partial charge in [-0.3, -0.25) is 0 Å². The third-order valence-electron chi connectivity index (χ3n) is 5.73. The summed E-state index contributed by atoms with van der Waals surface area (Å²) in [4.78, 5) is 3.33. The quantitative estimate of drug-likeness (QED) is 0.682. The Morgan fingerprint density at radius 1 is 1.21 bits per heavy atom. The molecule has 1 aromatic rings. The van der Waals surface area contributed by atoms with Crippen LogP contribution in [-0.2, 0) is 0 Å². The van der Waals surface area contributed by atoms with E-state index in [-0.39, 0.29) is 0 Å². The Morgan fingerprint density at radius 2 is 1.92 bits per heavy atom.